The molecule has 2 heterocycles. The van der Waals surface area contributed by atoms with Gasteiger partial charge < -0.3 is 14.5 Å². The monoisotopic (exact) mass is 343 g/mol. The lowest BCUT2D eigenvalue weighted by molar-refractivity contribution is -0.140. The van der Waals surface area contributed by atoms with Crippen LogP contribution in [0.2, 0.25) is 0 Å². The zero-order valence-electron chi connectivity index (χ0n) is 14.5. The maximum Gasteiger partial charge on any atom is 0.241 e. The number of benzene rings is 1. The van der Waals surface area contributed by atoms with Crippen molar-refractivity contribution in [1.29, 1.82) is 0 Å². The van der Waals surface area contributed by atoms with Crippen LogP contribution in [-0.2, 0) is 9.59 Å². The Morgan fingerprint density at radius 2 is 1.80 bits per heavy atom. The average Bonchev–Trinajstić information content (AvgIpc) is 2.60. The van der Waals surface area contributed by atoms with Crippen molar-refractivity contribution >= 4 is 17.5 Å². The van der Waals surface area contributed by atoms with Crippen LogP contribution in [0.15, 0.2) is 24.3 Å². The molecule has 6 nitrogen and oxygen atoms in total. The Hall–Kier alpha value is -2.08. The summed E-state index contributed by atoms with van der Waals surface area (Å²) in [5.74, 6) is 1.46. The van der Waals surface area contributed by atoms with Gasteiger partial charge in [-0.15, -0.1) is 0 Å². The molecular formula is C19H25N3O3. The first-order valence-electron chi connectivity index (χ1n) is 9.26. The van der Waals surface area contributed by atoms with Crippen LogP contribution < -0.4 is 9.64 Å². The van der Waals surface area contributed by atoms with E-state index in [0.717, 1.165) is 50.5 Å². The summed E-state index contributed by atoms with van der Waals surface area (Å²) in [6.07, 6.45) is 3.29. The molecule has 25 heavy (non-hydrogen) atoms. The van der Waals surface area contributed by atoms with Gasteiger partial charge in [0.25, 0.3) is 0 Å². The van der Waals surface area contributed by atoms with Gasteiger partial charge in [0.2, 0.25) is 11.8 Å². The van der Waals surface area contributed by atoms with Gasteiger partial charge in [-0.05, 0) is 25.0 Å². The van der Waals surface area contributed by atoms with Gasteiger partial charge in [-0.25, -0.2) is 0 Å². The molecule has 6 heteroatoms. The lowest BCUT2D eigenvalue weighted by Gasteiger charge is -2.38. The molecule has 0 spiro atoms. The molecule has 2 fully saturated rings. The maximum absolute atomic E-state index is 12.8. The van der Waals surface area contributed by atoms with E-state index >= 15 is 0 Å². The zero-order chi connectivity index (χ0) is 17.2. The third kappa shape index (κ3) is 3.35. The average molecular weight is 343 g/mol. The largest absolute Gasteiger partial charge is 0.490 e. The molecule has 0 radical (unpaired) electrons. The number of piperazine rings is 1. The van der Waals surface area contributed by atoms with Crippen LogP contribution in [0.5, 0.6) is 5.75 Å². The summed E-state index contributed by atoms with van der Waals surface area (Å²) >= 11 is 0. The fourth-order valence-corrected chi connectivity index (χ4v) is 3.75. The van der Waals surface area contributed by atoms with Crippen LogP contribution in [-0.4, -0.2) is 67.5 Å². The minimum absolute atomic E-state index is 0.106. The third-order valence-electron chi connectivity index (χ3n) is 5.53. The number of hydrogen-bond donors (Lipinski definition) is 0. The van der Waals surface area contributed by atoms with E-state index in [-0.39, 0.29) is 11.8 Å². The quantitative estimate of drug-likeness (QED) is 0.831. The second-order valence-corrected chi connectivity index (χ2v) is 7.09. The molecule has 0 N–H and O–H groups in total. The summed E-state index contributed by atoms with van der Waals surface area (Å²) in [4.78, 5) is 31.0. The summed E-state index contributed by atoms with van der Waals surface area (Å²) in [6.45, 7) is 4.55. The Morgan fingerprint density at radius 3 is 2.52 bits per heavy atom. The first-order valence-corrected chi connectivity index (χ1v) is 9.26. The summed E-state index contributed by atoms with van der Waals surface area (Å²) in [6, 6.07) is 7.69. The molecule has 1 saturated heterocycles. The number of rotatable bonds is 3. The van der Waals surface area contributed by atoms with Crippen molar-refractivity contribution in [2.24, 2.45) is 5.92 Å². The van der Waals surface area contributed by atoms with E-state index in [1.807, 2.05) is 34.1 Å². The van der Waals surface area contributed by atoms with Crippen molar-refractivity contribution in [3.05, 3.63) is 24.3 Å². The lowest BCUT2D eigenvalue weighted by Crippen LogP contribution is -2.53. The highest BCUT2D eigenvalue weighted by Crippen LogP contribution is 2.31. The Labute approximate surface area is 148 Å². The summed E-state index contributed by atoms with van der Waals surface area (Å²) in [5, 5.41) is 0. The number of para-hydroxylation sites is 2. The molecular weight excluding hydrogens is 318 g/mol. The normalized spacial score (nSPS) is 21.3. The number of hydrogen-bond acceptors (Lipinski definition) is 4. The molecule has 1 aromatic carbocycles. The molecule has 0 unspecified atom stereocenters. The number of amides is 2. The fourth-order valence-electron chi connectivity index (χ4n) is 3.75. The van der Waals surface area contributed by atoms with Crippen LogP contribution in [0.25, 0.3) is 0 Å². The SMILES string of the molecule is O=C(C1CCC1)N1CCN(CC(=O)N2CCOc3ccccc32)CC1. The van der Waals surface area contributed by atoms with E-state index in [1.165, 1.54) is 6.42 Å². The molecule has 2 amide bonds. The molecule has 1 saturated carbocycles. The number of fused-ring (bicyclic) bond motifs is 1. The molecule has 134 valence electrons. The van der Waals surface area contributed by atoms with Gasteiger partial charge in [0.1, 0.15) is 12.4 Å². The number of nitrogens with zero attached hydrogens (tertiary/aromatic N) is 3. The van der Waals surface area contributed by atoms with Crippen LogP contribution in [0.1, 0.15) is 19.3 Å². The Kier molecular flexibility index (Phi) is 4.61. The number of ether oxygens (including phenoxy) is 1. The molecule has 2 aliphatic heterocycles. The highest BCUT2D eigenvalue weighted by Gasteiger charge is 2.32. The van der Waals surface area contributed by atoms with Crippen molar-refractivity contribution < 1.29 is 14.3 Å². The fraction of sp³-hybridized carbons (Fsp3) is 0.579. The van der Waals surface area contributed by atoms with Crippen molar-refractivity contribution in [2.75, 3.05) is 50.8 Å². The number of carbonyl (C=O) groups excluding carboxylic acids is 2. The molecule has 0 aromatic heterocycles. The van der Waals surface area contributed by atoms with Gasteiger partial charge in [-0.2, -0.15) is 0 Å². The molecule has 0 atom stereocenters. The van der Waals surface area contributed by atoms with E-state index in [0.29, 0.717) is 25.6 Å². The van der Waals surface area contributed by atoms with Crippen LogP contribution in [0.4, 0.5) is 5.69 Å². The van der Waals surface area contributed by atoms with E-state index < -0.39 is 0 Å². The number of carbonyl (C=O) groups is 2. The Balaban J connectivity index is 1.31. The summed E-state index contributed by atoms with van der Waals surface area (Å²) in [7, 11) is 0. The first kappa shape index (κ1) is 16.4. The highest BCUT2D eigenvalue weighted by molar-refractivity contribution is 5.96. The highest BCUT2D eigenvalue weighted by atomic mass is 16.5. The second kappa shape index (κ2) is 7.04. The Morgan fingerprint density at radius 1 is 1.04 bits per heavy atom. The van der Waals surface area contributed by atoms with Crippen molar-refractivity contribution in [3.63, 3.8) is 0 Å². The predicted molar refractivity (Wildman–Crippen MR) is 94.7 cm³/mol. The van der Waals surface area contributed by atoms with Gasteiger partial charge >= 0.3 is 0 Å². The lowest BCUT2D eigenvalue weighted by atomic mass is 9.84. The zero-order valence-corrected chi connectivity index (χ0v) is 14.5. The van der Waals surface area contributed by atoms with Gasteiger partial charge in [-0.3, -0.25) is 14.5 Å². The van der Waals surface area contributed by atoms with Gasteiger partial charge in [0, 0.05) is 32.1 Å². The third-order valence-corrected chi connectivity index (χ3v) is 5.53. The van der Waals surface area contributed by atoms with Gasteiger partial charge in [0.15, 0.2) is 0 Å². The molecule has 1 aliphatic carbocycles. The predicted octanol–water partition coefficient (Wildman–Crippen LogP) is 1.36. The van der Waals surface area contributed by atoms with Crippen LogP contribution >= 0.6 is 0 Å². The van der Waals surface area contributed by atoms with Crippen LogP contribution in [0, 0.1) is 5.92 Å². The Bertz CT molecular complexity index is 651. The molecule has 4 rings (SSSR count). The summed E-state index contributed by atoms with van der Waals surface area (Å²) < 4.78 is 5.62. The minimum Gasteiger partial charge on any atom is -0.490 e. The van der Waals surface area contributed by atoms with Crippen molar-refractivity contribution in [2.45, 2.75) is 19.3 Å². The molecule has 3 aliphatic rings. The molecule has 1 aromatic rings. The van der Waals surface area contributed by atoms with Crippen molar-refractivity contribution in [1.82, 2.24) is 9.80 Å². The van der Waals surface area contributed by atoms with E-state index in [2.05, 4.69) is 4.90 Å². The first-order chi connectivity index (χ1) is 12.2. The van der Waals surface area contributed by atoms with Gasteiger partial charge in [-0.1, -0.05) is 18.6 Å². The minimum atomic E-state index is 0.106. The van der Waals surface area contributed by atoms with Gasteiger partial charge in [0.05, 0.1) is 18.8 Å². The van der Waals surface area contributed by atoms with E-state index in [4.69, 9.17) is 4.74 Å². The maximum atomic E-state index is 12.8. The van der Waals surface area contributed by atoms with Crippen LogP contribution in [0.3, 0.4) is 0 Å². The second-order valence-electron chi connectivity index (χ2n) is 7.09. The smallest absolute Gasteiger partial charge is 0.241 e. The van der Waals surface area contributed by atoms with Crippen molar-refractivity contribution in [3.8, 4) is 5.75 Å². The topological polar surface area (TPSA) is 53.1 Å². The standard InChI is InChI=1S/C19H25N3O3/c23-18(22-12-13-25-17-7-2-1-6-16(17)22)14-20-8-10-21(11-9-20)19(24)15-4-3-5-15/h1-2,6-7,15H,3-5,8-14H2. The number of anilines is 1. The summed E-state index contributed by atoms with van der Waals surface area (Å²) in [5.41, 5.74) is 0.859. The van der Waals surface area contributed by atoms with E-state index in [9.17, 15) is 9.59 Å². The van der Waals surface area contributed by atoms with E-state index in [1.54, 1.807) is 0 Å². The molecule has 0 bridgehead atoms.